The first-order chi connectivity index (χ1) is 13.5. The highest BCUT2D eigenvalue weighted by atomic mass is 32.1. The van der Waals surface area contributed by atoms with E-state index in [4.69, 9.17) is 10.5 Å². The maximum atomic E-state index is 15.4. The van der Waals surface area contributed by atoms with Crippen molar-refractivity contribution in [3.63, 3.8) is 0 Å². The molecule has 1 aliphatic rings. The molecule has 0 atom stereocenters. The summed E-state index contributed by atoms with van der Waals surface area (Å²) in [5, 5.41) is 0. The SMILES string of the molecule is Nc1cnc(-c2ccc(C3CCC3)c(OCc3ccc(S)cc3F)c2F)cn1. The van der Waals surface area contributed by atoms with Crippen LogP contribution < -0.4 is 10.5 Å². The molecule has 28 heavy (non-hydrogen) atoms. The van der Waals surface area contributed by atoms with Crippen LogP contribution in [0.4, 0.5) is 14.6 Å². The van der Waals surface area contributed by atoms with Gasteiger partial charge < -0.3 is 10.5 Å². The zero-order chi connectivity index (χ0) is 19.7. The number of nitrogens with two attached hydrogens (primary N) is 1. The molecule has 1 heterocycles. The highest BCUT2D eigenvalue weighted by molar-refractivity contribution is 7.80. The van der Waals surface area contributed by atoms with Crippen molar-refractivity contribution in [2.75, 3.05) is 5.73 Å². The minimum absolute atomic E-state index is 0.0760. The van der Waals surface area contributed by atoms with Crippen molar-refractivity contribution in [1.29, 1.82) is 0 Å². The third-order valence-electron chi connectivity index (χ3n) is 5.03. The monoisotopic (exact) mass is 399 g/mol. The molecule has 144 valence electrons. The van der Waals surface area contributed by atoms with E-state index in [1.54, 1.807) is 18.2 Å². The summed E-state index contributed by atoms with van der Waals surface area (Å²) in [6.45, 7) is -0.0760. The Kier molecular flexibility index (Phi) is 5.17. The molecule has 7 heteroatoms. The van der Waals surface area contributed by atoms with E-state index in [-0.39, 0.29) is 29.7 Å². The Bertz CT molecular complexity index is 1010. The van der Waals surface area contributed by atoms with Crippen LogP contribution in [0.15, 0.2) is 47.6 Å². The maximum Gasteiger partial charge on any atom is 0.174 e. The van der Waals surface area contributed by atoms with E-state index >= 15 is 4.39 Å². The van der Waals surface area contributed by atoms with Crippen molar-refractivity contribution in [2.45, 2.75) is 36.7 Å². The number of aromatic nitrogens is 2. The Balaban J connectivity index is 1.70. The second kappa shape index (κ2) is 7.75. The summed E-state index contributed by atoms with van der Waals surface area (Å²) >= 11 is 4.12. The van der Waals surface area contributed by atoms with Gasteiger partial charge >= 0.3 is 0 Å². The smallest absolute Gasteiger partial charge is 0.174 e. The third-order valence-corrected chi connectivity index (χ3v) is 5.31. The standard InChI is InChI=1S/C21H19F2N3OS/c22-17-8-14(28)5-4-13(17)11-27-21-15(12-2-1-3-12)6-7-16(20(21)23)18-9-26-19(24)10-25-18/h4-10,12,28H,1-3,11H2,(H2,24,26). The van der Waals surface area contributed by atoms with E-state index in [1.165, 1.54) is 18.5 Å². The molecule has 2 aromatic carbocycles. The molecular weight excluding hydrogens is 380 g/mol. The molecule has 1 aliphatic carbocycles. The number of rotatable bonds is 5. The number of thiol groups is 1. The molecular formula is C21H19F2N3OS. The van der Waals surface area contributed by atoms with E-state index < -0.39 is 11.6 Å². The van der Waals surface area contributed by atoms with Gasteiger partial charge in [0.2, 0.25) is 0 Å². The van der Waals surface area contributed by atoms with Crippen molar-refractivity contribution in [3.05, 3.63) is 65.5 Å². The van der Waals surface area contributed by atoms with Gasteiger partial charge in [0.05, 0.1) is 18.1 Å². The molecule has 4 nitrogen and oxygen atoms in total. The minimum atomic E-state index is -0.519. The quantitative estimate of drug-likeness (QED) is 0.583. The lowest BCUT2D eigenvalue weighted by molar-refractivity contribution is 0.274. The first-order valence-electron chi connectivity index (χ1n) is 9.03. The number of nitrogen functional groups attached to an aromatic ring is 1. The van der Waals surface area contributed by atoms with Gasteiger partial charge in [-0.25, -0.2) is 13.8 Å². The van der Waals surface area contributed by atoms with Crippen LogP contribution in [0.2, 0.25) is 0 Å². The van der Waals surface area contributed by atoms with Crippen LogP contribution in [0.25, 0.3) is 11.3 Å². The van der Waals surface area contributed by atoms with Crippen LogP contribution in [-0.4, -0.2) is 9.97 Å². The summed E-state index contributed by atoms with van der Waals surface area (Å²) < 4.78 is 35.3. The van der Waals surface area contributed by atoms with Gasteiger partial charge in [-0.1, -0.05) is 18.6 Å². The Labute approximate surface area is 167 Å². The van der Waals surface area contributed by atoms with Crippen LogP contribution >= 0.6 is 12.6 Å². The highest BCUT2D eigenvalue weighted by Gasteiger charge is 2.27. The van der Waals surface area contributed by atoms with Gasteiger partial charge in [0.1, 0.15) is 18.2 Å². The second-order valence-electron chi connectivity index (χ2n) is 6.86. The number of hydrogen-bond donors (Lipinski definition) is 2. The fourth-order valence-corrected chi connectivity index (χ4v) is 3.42. The molecule has 1 aromatic heterocycles. The zero-order valence-electron chi connectivity index (χ0n) is 15.0. The van der Waals surface area contributed by atoms with Gasteiger partial charge in [-0.2, -0.15) is 0 Å². The predicted octanol–water partition coefficient (Wildman–Crippen LogP) is 5.14. The van der Waals surface area contributed by atoms with Crippen molar-refractivity contribution in [1.82, 2.24) is 9.97 Å². The Morgan fingerprint density at radius 1 is 1.11 bits per heavy atom. The summed E-state index contributed by atoms with van der Waals surface area (Å²) in [5.41, 5.74) is 7.35. The zero-order valence-corrected chi connectivity index (χ0v) is 15.9. The molecule has 0 amide bonds. The number of ether oxygens (including phenoxy) is 1. The normalized spacial score (nSPS) is 14.0. The fourth-order valence-electron chi connectivity index (χ4n) is 3.24. The van der Waals surface area contributed by atoms with Crippen molar-refractivity contribution in [3.8, 4) is 17.0 Å². The van der Waals surface area contributed by atoms with E-state index in [0.717, 1.165) is 24.8 Å². The molecule has 4 rings (SSSR count). The molecule has 1 saturated carbocycles. The molecule has 0 radical (unpaired) electrons. The molecule has 0 unspecified atom stereocenters. The lowest BCUT2D eigenvalue weighted by Crippen LogP contribution is -2.12. The summed E-state index contributed by atoms with van der Waals surface area (Å²) in [4.78, 5) is 8.65. The number of hydrogen-bond acceptors (Lipinski definition) is 5. The van der Waals surface area contributed by atoms with Crippen molar-refractivity contribution >= 4 is 18.4 Å². The van der Waals surface area contributed by atoms with E-state index in [1.807, 2.05) is 6.07 Å². The Morgan fingerprint density at radius 2 is 1.93 bits per heavy atom. The van der Waals surface area contributed by atoms with Crippen LogP contribution in [0, 0.1) is 11.6 Å². The van der Waals surface area contributed by atoms with E-state index in [9.17, 15) is 4.39 Å². The largest absolute Gasteiger partial charge is 0.485 e. The molecule has 3 aromatic rings. The molecule has 0 aliphatic heterocycles. The Hall–Kier alpha value is -2.67. The van der Waals surface area contributed by atoms with Gasteiger partial charge in [-0.05, 0) is 37.0 Å². The first-order valence-corrected chi connectivity index (χ1v) is 9.48. The summed E-state index contributed by atoms with van der Waals surface area (Å²) in [6, 6.07) is 8.13. The topological polar surface area (TPSA) is 61.0 Å². The average Bonchev–Trinajstić information content (AvgIpc) is 2.62. The fraction of sp³-hybridized carbons (Fsp3) is 0.238. The van der Waals surface area contributed by atoms with Crippen molar-refractivity contribution < 1.29 is 13.5 Å². The summed E-state index contributed by atoms with van der Waals surface area (Å²) in [7, 11) is 0. The average molecular weight is 399 g/mol. The van der Waals surface area contributed by atoms with Crippen molar-refractivity contribution in [2.24, 2.45) is 0 Å². The third kappa shape index (κ3) is 3.67. The Morgan fingerprint density at radius 3 is 2.57 bits per heavy atom. The lowest BCUT2D eigenvalue weighted by Gasteiger charge is -2.28. The number of halogens is 2. The lowest BCUT2D eigenvalue weighted by atomic mass is 9.79. The highest BCUT2D eigenvalue weighted by Crippen LogP contribution is 2.44. The number of benzene rings is 2. The van der Waals surface area contributed by atoms with Gasteiger partial charge in [-0.3, -0.25) is 4.98 Å². The maximum absolute atomic E-state index is 15.4. The molecule has 0 saturated heterocycles. The van der Waals surface area contributed by atoms with Crippen LogP contribution in [0.3, 0.4) is 0 Å². The van der Waals surface area contributed by atoms with E-state index in [0.29, 0.717) is 16.2 Å². The van der Waals surface area contributed by atoms with Crippen LogP contribution in [0.1, 0.15) is 36.3 Å². The molecule has 0 bridgehead atoms. The van der Waals surface area contributed by atoms with Gasteiger partial charge in [0.15, 0.2) is 11.6 Å². The van der Waals surface area contributed by atoms with Crippen LogP contribution in [-0.2, 0) is 6.61 Å². The summed E-state index contributed by atoms with van der Waals surface area (Å²) in [6.07, 6.45) is 5.88. The second-order valence-corrected chi connectivity index (χ2v) is 7.38. The number of anilines is 1. The summed E-state index contributed by atoms with van der Waals surface area (Å²) in [5.74, 6) is -0.293. The molecule has 2 N–H and O–H groups in total. The van der Waals surface area contributed by atoms with Crippen LogP contribution in [0.5, 0.6) is 5.75 Å². The van der Waals surface area contributed by atoms with Gasteiger partial charge in [0, 0.05) is 21.6 Å². The first kappa shape index (κ1) is 18.7. The van der Waals surface area contributed by atoms with E-state index in [2.05, 4.69) is 22.6 Å². The minimum Gasteiger partial charge on any atom is -0.485 e. The molecule has 1 fully saturated rings. The molecule has 0 spiro atoms. The van der Waals surface area contributed by atoms with Gasteiger partial charge in [0.25, 0.3) is 0 Å². The number of nitrogens with zero attached hydrogens (tertiary/aromatic N) is 2. The van der Waals surface area contributed by atoms with Gasteiger partial charge in [-0.15, -0.1) is 12.6 Å². The predicted molar refractivity (Wildman–Crippen MR) is 106 cm³/mol.